The van der Waals surface area contributed by atoms with Crippen molar-refractivity contribution in [2.45, 2.75) is 13.8 Å². The van der Waals surface area contributed by atoms with Gasteiger partial charge in [-0.25, -0.2) is 0 Å². The molecule has 0 radical (unpaired) electrons. The van der Waals surface area contributed by atoms with Gasteiger partial charge >= 0.3 is 0 Å². The Balaban J connectivity index is 2.57. The summed E-state index contributed by atoms with van der Waals surface area (Å²) in [6.07, 6.45) is 5.78. The molecule has 2 nitrogen and oxygen atoms in total. The fourth-order valence-corrected chi connectivity index (χ4v) is 1.02. The van der Waals surface area contributed by atoms with Gasteiger partial charge in [-0.1, -0.05) is 0 Å². The van der Waals surface area contributed by atoms with Crippen molar-refractivity contribution >= 4 is 6.21 Å². The summed E-state index contributed by atoms with van der Waals surface area (Å²) in [6, 6.07) is 0. The Morgan fingerprint density at radius 2 is 2.64 bits per heavy atom. The summed E-state index contributed by atoms with van der Waals surface area (Å²) < 4.78 is 5.39. The van der Waals surface area contributed by atoms with E-state index in [-0.39, 0.29) is 0 Å². The summed E-state index contributed by atoms with van der Waals surface area (Å²) in [5, 5.41) is 0. The third kappa shape index (κ3) is 1.93. The van der Waals surface area contributed by atoms with Crippen molar-refractivity contribution in [3.05, 3.63) is 23.5 Å². The molecule has 1 aliphatic rings. The first-order valence-electron chi connectivity index (χ1n) is 3.87. The van der Waals surface area contributed by atoms with Gasteiger partial charge in [0.1, 0.15) is 5.76 Å². The zero-order chi connectivity index (χ0) is 8.10. The minimum atomic E-state index is 0.719. The maximum absolute atomic E-state index is 5.39. The van der Waals surface area contributed by atoms with Gasteiger partial charge in [0.05, 0.1) is 13.2 Å². The zero-order valence-corrected chi connectivity index (χ0v) is 7.00. The highest BCUT2D eigenvalue weighted by atomic mass is 16.5. The second-order valence-corrected chi connectivity index (χ2v) is 2.27. The van der Waals surface area contributed by atoms with Crippen LogP contribution in [0, 0.1) is 0 Å². The Kier molecular flexibility index (Phi) is 2.90. The summed E-state index contributed by atoms with van der Waals surface area (Å²) in [6.45, 7) is 5.45. The van der Waals surface area contributed by atoms with E-state index in [1.54, 1.807) is 0 Å². The van der Waals surface area contributed by atoms with Crippen molar-refractivity contribution < 1.29 is 4.74 Å². The van der Waals surface area contributed by atoms with Gasteiger partial charge in [-0.15, -0.1) is 0 Å². The Morgan fingerprint density at radius 3 is 3.09 bits per heavy atom. The third-order valence-corrected chi connectivity index (χ3v) is 1.52. The molecule has 0 aromatic heterocycles. The molecule has 1 aliphatic heterocycles. The van der Waals surface area contributed by atoms with Gasteiger partial charge in [-0.05, 0) is 26.0 Å². The van der Waals surface area contributed by atoms with Crippen molar-refractivity contribution in [2.24, 2.45) is 4.99 Å². The van der Waals surface area contributed by atoms with Gasteiger partial charge in [-0.3, -0.25) is 4.99 Å². The quantitative estimate of drug-likeness (QED) is 0.565. The van der Waals surface area contributed by atoms with Gasteiger partial charge in [0.15, 0.2) is 0 Å². The lowest BCUT2D eigenvalue weighted by molar-refractivity contribution is 0.237. The Hall–Kier alpha value is -1.05. The molecule has 0 atom stereocenters. The van der Waals surface area contributed by atoms with Crippen LogP contribution in [0.3, 0.4) is 0 Å². The molecule has 60 valence electrons. The van der Waals surface area contributed by atoms with E-state index in [9.17, 15) is 0 Å². The van der Waals surface area contributed by atoms with Crippen molar-refractivity contribution in [3.63, 3.8) is 0 Å². The van der Waals surface area contributed by atoms with Crippen LogP contribution in [0.15, 0.2) is 28.5 Å². The van der Waals surface area contributed by atoms with E-state index in [4.69, 9.17) is 4.74 Å². The van der Waals surface area contributed by atoms with E-state index in [0.717, 1.165) is 18.9 Å². The molecule has 0 fully saturated rings. The van der Waals surface area contributed by atoms with Crippen LogP contribution >= 0.6 is 0 Å². The number of allylic oxidation sites excluding steroid dienone is 2. The summed E-state index contributed by atoms with van der Waals surface area (Å²) in [5.41, 5.74) is 1.18. The lowest BCUT2D eigenvalue weighted by Gasteiger charge is -2.07. The van der Waals surface area contributed by atoms with E-state index in [2.05, 4.69) is 4.99 Å². The predicted octanol–water partition coefficient (Wildman–Crippen LogP) is 1.94. The first-order valence-corrected chi connectivity index (χ1v) is 3.87. The SMILES string of the molecule is C/C=C(\OCC)C1=CC=NC1. The van der Waals surface area contributed by atoms with E-state index in [0.29, 0.717) is 0 Å². The molecule has 1 rings (SSSR count). The molecule has 0 unspecified atom stereocenters. The van der Waals surface area contributed by atoms with Crippen LogP contribution in [0.5, 0.6) is 0 Å². The molecule has 0 amide bonds. The maximum Gasteiger partial charge on any atom is 0.120 e. The number of nitrogens with zero attached hydrogens (tertiary/aromatic N) is 1. The average Bonchev–Trinajstić information content (AvgIpc) is 2.52. The van der Waals surface area contributed by atoms with Crippen LogP contribution in [0.25, 0.3) is 0 Å². The maximum atomic E-state index is 5.39. The average molecular weight is 151 g/mol. The number of hydrogen-bond donors (Lipinski definition) is 0. The molecule has 0 aliphatic carbocycles. The van der Waals surface area contributed by atoms with E-state index in [1.807, 2.05) is 32.2 Å². The Morgan fingerprint density at radius 1 is 1.82 bits per heavy atom. The standard InChI is InChI=1S/C9H13NO/c1-3-9(11-4-2)8-5-6-10-7-8/h3,5-6H,4,7H2,1-2H3/b9-3-. The number of aliphatic imine (C=N–C) groups is 1. The van der Waals surface area contributed by atoms with E-state index >= 15 is 0 Å². The lowest BCUT2D eigenvalue weighted by atomic mass is 10.2. The highest BCUT2D eigenvalue weighted by Gasteiger charge is 2.05. The first-order chi connectivity index (χ1) is 5.38. The lowest BCUT2D eigenvalue weighted by Crippen LogP contribution is -1.96. The van der Waals surface area contributed by atoms with Crippen LogP contribution < -0.4 is 0 Å². The van der Waals surface area contributed by atoms with Crippen molar-refractivity contribution in [1.82, 2.24) is 0 Å². The fraction of sp³-hybridized carbons (Fsp3) is 0.444. The summed E-state index contributed by atoms with van der Waals surface area (Å²) in [4.78, 5) is 4.08. The van der Waals surface area contributed by atoms with E-state index in [1.165, 1.54) is 5.57 Å². The summed E-state index contributed by atoms with van der Waals surface area (Å²) in [7, 11) is 0. The minimum Gasteiger partial charge on any atom is -0.494 e. The molecule has 0 aromatic rings. The number of hydrogen-bond acceptors (Lipinski definition) is 2. The van der Waals surface area contributed by atoms with Crippen LogP contribution in [-0.2, 0) is 4.74 Å². The van der Waals surface area contributed by atoms with Crippen molar-refractivity contribution in [1.29, 1.82) is 0 Å². The largest absolute Gasteiger partial charge is 0.494 e. The molecule has 0 bridgehead atoms. The highest BCUT2D eigenvalue weighted by molar-refractivity contribution is 5.76. The second kappa shape index (κ2) is 3.96. The molecular weight excluding hydrogens is 138 g/mol. The smallest absolute Gasteiger partial charge is 0.120 e. The molecule has 2 heteroatoms. The number of ether oxygens (including phenoxy) is 1. The topological polar surface area (TPSA) is 21.6 Å². The third-order valence-electron chi connectivity index (χ3n) is 1.52. The molecule has 0 aromatic carbocycles. The Labute approximate surface area is 67.3 Å². The Bertz CT molecular complexity index is 214. The monoisotopic (exact) mass is 151 g/mol. The zero-order valence-electron chi connectivity index (χ0n) is 7.00. The summed E-state index contributed by atoms with van der Waals surface area (Å²) in [5.74, 6) is 0.963. The van der Waals surface area contributed by atoms with Gasteiger partial charge < -0.3 is 4.74 Å². The normalized spacial score (nSPS) is 16.9. The summed E-state index contributed by atoms with van der Waals surface area (Å²) >= 11 is 0. The molecule has 0 saturated carbocycles. The van der Waals surface area contributed by atoms with Gasteiger partial charge in [0.2, 0.25) is 0 Å². The van der Waals surface area contributed by atoms with E-state index < -0.39 is 0 Å². The second-order valence-electron chi connectivity index (χ2n) is 2.27. The van der Waals surface area contributed by atoms with Gasteiger partial charge in [0, 0.05) is 11.8 Å². The molecule has 1 heterocycles. The molecule has 11 heavy (non-hydrogen) atoms. The molecular formula is C9H13NO. The van der Waals surface area contributed by atoms with Gasteiger partial charge in [0.25, 0.3) is 0 Å². The van der Waals surface area contributed by atoms with Crippen molar-refractivity contribution in [3.8, 4) is 0 Å². The van der Waals surface area contributed by atoms with Crippen LogP contribution in [0.2, 0.25) is 0 Å². The van der Waals surface area contributed by atoms with Crippen LogP contribution in [0.1, 0.15) is 13.8 Å². The minimum absolute atomic E-state index is 0.719. The van der Waals surface area contributed by atoms with Crippen LogP contribution in [0.4, 0.5) is 0 Å². The predicted molar refractivity (Wildman–Crippen MR) is 46.8 cm³/mol. The fourth-order valence-electron chi connectivity index (χ4n) is 1.02. The highest BCUT2D eigenvalue weighted by Crippen LogP contribution is 2.13. The van der Waals surface area contributed by atoms with Crippen molar-refractivity contribution in [2.75, 3.05) is 13.2 Å². The molecule has 0 saturated heterocycles. The molecule has 0 spiro atoms. The van der Waals surface area contributed by atoms with Crippen LogP contribution in [-0.4, -0.2) is 19.4 Å². The number of rotatable bonds is 3. The first kappa shape index (κ1) is 8.05. The van der Waals surface area contributed by atoms with Gasteiger partial charge in [-0.2, -0.15) is 0 Å². The molecule has 0 N–H and O–H groups in total.